The highest BCUT2D eigenvalue weighted by Crippen LogP contribution is 2.24. The van der Waals surface area contributed by atoms with E-state index in [-0.39, 0.29) is 6.04 Å². The molecule has 0 bridgehead atoms. The summed E-state index contributed by atoms with van der Waals surface area (Å²) in [5.41, 5.74) is 0.733. The SMILES string of the molecule is CC(C)N=S=Nc1cc(Cl)cc(Cl)c1. The first-order valence-corrected chi connectivity index (χ1v) is 5.60. The second-order valence-electron chi connectivity index (χ2n) is 3.00. The van der Waals surface area contributed by atoms with E-state index in [1.807, 2.05) is 13.8 Å². The van der Waals surface area contributed by atoms with Crippen LogP contribution in [0.3, 0.4) is 0 Å². The Morgan fingerprint density at radius 2 is 1.71 bits per heavy atom. The number of halogens is 2. The van der Waals surface area contributed by atoms with Crippen molar-refractivity contribution in [2.24, 2.45) is 8.73 Å². The summed E-state index contributed by atoms with van der Waals surface area (Å²) in [6.07, 6.45) is 0. The van der Waals surface area contributed by atoms with Crippen molar-refractivity contribution >= 4 is 40.2 Å². The lowest BCUT2D eigenvalue weighted by Crippen LogP contribution is -1.82. The fourth-order valence-corrected chi connectivity index (χ4v) is 1.71. The Morgan fingerprint density at radius 3 is 2.21 bits per heavy atom. The average Bonchev–Trinajstić information content (AvgIpc) is 2.01. The second kappa shape index (κ2) is 5.49. The van der Waals surface area contributed by atoms with Crippen molar-refractivity contribution in [3.63, 3.8) is 0 Å². The summed E-state index contributed by atoms with van der Waals surface area (Å²) < 4.78 is 8.29. The standard InChI is InChI=1S/C9H10Cl2N2S/c1-6(2)12-14-13-9-4-7(10)3-8(11)5-9/h3-6H,1-2H3. The summed E-state index contributed by atoms with van der Waals surface area (Å²) in [5, 5.41) is 1.17. The molecule has 1 aromatic rings. The van der Waals surface area contributed by atoms with Crippen LogP contribution in [0.25, 0.3) is 0 Å². The monoisotopic (exact) mass is 248 g/mol. The van der Waals surface area contributed by atoms with Gasteiger partial charge in [0.1, 0.15) is 0 Å². The lowest BCUT2D eigenvalue weighted by Gasteiger charge is -1.94. The van der Waals surface area contributed by atoms with Gasteiger partial charge < -0.3 is 0 Å². The topological polar surface area (TPSA) is 24.7 Å². The lowest BCUT2D eigenvalue weighted by atomic mass is 10.3. The Bertz CT molecular complexity index is 364. The summed E-state index contributed by atoms with van der Waals surface area (Å²) in [6, 6.07) is 5.43. The number of hydrogen-bond acceptors (Lipinski definition) is 2. The zero-order chi connectivity index (χ0) is 10.6. The minimum absolute atomic E-state index is 0.262. The molecular weight excluding hydrogens is 239 g/mol. The van der Waals surface area contributed by atoms with E-state index < -0.39 is 0 Å². The van der Waals surface area contributed by atoms with Crippen LogP contribution >= 0.6 is 23.2 Å². The van der Waals surface area contributed by atoms with Crippen LogP contribution in [0.15, 0.2) is 26.9 Å². The van der Waals surface area contributed by atoms with Gasteiger partial charge >= 0.3 is 0 Å². The predicted molar refractivity (Wildman–Crippen MR) is 63.5 cm³/mol. The highest BCUT2D eigenvalue weighted by Gasteiger charge is 1.95. The van der Waals surface area contributed by atoms with Gasteiger partial charge in [-0.05, 0) is 32.0 Å². The van der Waals surface area contributed by atoms with E-state index in [0.29, 0.717) is 10.0 Å². The van der Waals surface area contributed by atoms with Gasteiger partial charge in [-0.3, -0.25) is 0 Å². The maximum absolute atomic E-state index is 5.81. The van der Waals surface area contributed by atoms with Crippen LogP contribution in [-0.2, 0) is 11.4 Å². The Kier molecular flexibility index (Phi) is 4.58. The number of nitrogens with zero attached hydrogens (tertiary/aromatic N) is 2. The summed E-state index contributed by atoms with van der Waals surface area (Å²) >= 11 is 12.8. The first-order chi connectivity index (χ1) is 6.58. The van der Waals surface area contributed by atoms with Crippen LogP contribution in [0.1, 0.15) is 13.8 Å². The number of rotatable bonds is 2. The zero-order valence-corrected chi connectivity index (χ0v) is 10.2. The second-order valence-corrected chi connectivity index (χ2v) is 4.43. The maximum atomic E-state index is 5.81. The summed E-state index contributed by atoms with van der Waals surface area (Å²) in [4.78, 5) is 0. The van der Waals surface area contributed by atoms with Crippen LogP contribution in [0.2, 0.25) is 10.0 Å². The largest absolute Gasteiger partial charge is 0.210 e. The van der Waals surface area contributed by atoms with E-state index >= 15 is 0 Å². The predicted octanol–water partition coefficient (Wildman–Crippen LogP) is 4.48. The van der Waals surface area contributed by atoms with Crippen molar-refractivity contribution in [1.29, 1.82) is 0 Å². The van der Waals surface area contributed by atoms with E-state index in [1.54, 1.807) is 18.2 Å². The van der Waals surface area contributed by atoms with Gasteiger partial charge in [0.05, 0.1) is 23.1 Å². The Morgan fingerprint density at radius 1 is 1.14 bits per heavy atom. The molecule has 2 nitrogen and oxygen atoms in total. The summed E-state index contributed by atoms with van der Waals surface area (Å²) in [6.45, 7) is 3.99. The summed E-state index contributed by atoms with van der Waals surface area (Å²) in [5.74, 6) is 0. The van der Waals surface area contributed by atoms with Gasteiger partial charge in [-0.25, -0.2) is 4.36 Å². The molecule has 0 N–H and O–H groups in total. The average molecular weight is 249 g/mol. The third kappa shape index (κ3) is 4.22. The van der Waals surface area contributed by atoms with Crippen molar-refractivity contribution in [3.05, 3.63) is 28.2 Å². The van der Waals surface area contributed by atoms with Crippen molar-refractivity contribution in [2.45, 2.75) is 19.9 Å². The molecule has 0 aliphatic rings. The van der Waals surface area contributed by atoms with E-state index in [4.69, 9.17) is 23.2 Å². The van der Waals surface area contributed by atoms with Crippen molar-refractivity contribution in [2.75, 3.05) is 0 Å². The van der Waals surface area contributed by atoms with Gasteiger partial charge in [0, 0.05) is 10.0 Å². The van der Waals surface area contributed by atoms with E-state index in [2.05, 4.69) is 8.73 Å². The van der Waals surface area contributed by atoms with Crippen LogP contribution < -0.4 is 0 Å². The van der Waals surface area contributed by atoms with E-state index in [0.717, 1.165) is 17.0 Å². The van der Waals surface area contributed by atoms with Gasteiger partial charge in [-0.15, -0.1) is 0 Å². The molecule has 0 heterocycles. The number of hydrogen-bond donors (Lipinski definition) is 0. The molecule has 0 aliphatic carbocycles. The van der Waals surface area contributed by atoms with Gasteiger partial charge in [0.15, 0.2) is 0 Å². The first-order valence-electron chi connectivity index (χ1n) is 4.11. The van der Waals surface area contributed by atoms with Crippen LogP contribution in [0.5, 0.6) is 0 Å². The highest BCUT2D eigenvalue weighted by molar-refractivity contribution is 7.57. The molecule has 76 valence electrons. The molecule has 0 aromatic heterocycles. The van der Waals surface area contributed by atoms with Crippen LogP contribution in [0.4, 0.5) is 5.69 Å². The third-order valence-corrected chi connectivity index (χ3v) is 2.50. The Balaban J connectivity index is 2.92. The molecule has 1 rings (SSSR count). The fourth-order valence-electron chi connectivity index (χ4n) is 0.757. The minimum atomic E-state index is 0.262. The molecular formula is C9H10Cl2N2S. The fraction of sp³-hybridized carbons (Fsp3) is 0.333. The van der Waals surface area contributed by atoms with Gasteiger partial charge in [-0.2, -0.15) is 4.36 Å². The molecule has 0 saturated heterocycles. The van der Waals surface area contributed by atoms with Gasteiger partial charge in [0.2, 0.25) is 0 Å². The molecule has 0 aliphatic heterocycles. The Hall–Kier alpha value is -0.380. The molecule has 0 amide bonds. The van der Waals surface area contributed by atoms with Crippen LogP contribution in [-0.4, -0.2) is 6.04 Å². The first kappa shape index (κ1) is 11.7. The molecule has 5 heteroatoms. The summed E-state index contributed by atoms with van der Waals surface area (Å²) in [7, 11) is 0. The smallest absolute Gasteiger partial charge is 0.0805 e. The third-order valence-electron chi connectivity index (χ3n) is 1.25. The molecule has 0 saturated carbocycles. The lowest BCUT2D eigenvalue weighted by molar-refractivity contribution is 0.852. The zero-order valence-electron chi connectivity index (χ0n) is 7.87. The van der Waals surface area contributed by atoms with Gasteiger partial charge in [-0.1, -0.05) is 23.2 Å². The molecule has 0 fully saturated rings. The highest BCUT2D eigenvalue weighted by atomic mass is 35.5. The quantitative estimate of drug-likeness (QED) is 0.738. The molecule has 14 heavy (non-hydrogen) atoms. The molecule has 0 atom stereocenters. The molecule has 1 aromatic carbocycles. The van der Waals surface area contributed by atoms with Crippen molar-refractivity contribution in [3.8, 4) is 0 Å². The molecule has 0 unspecified atom stereocenters. The maximum Gasteiger partial charge on any atom is 0.0805 e. The molecule has 0 spiro atoms. The molecule has 0 radical (unpaired) electrons. The Labute approximate surface area is 97.1 Å². The van der Waals surface area contributed by atoms with E-state index in [1.165, 1.54) is 0 Å². The minimum Gasteiger partial charge on any atom is -0.210 e. The van der Waals surface area contributed by atoms with Crippen molar-refractivity contribution in [1.82, 2.24) is 0 Å². The normalized spacial score (nSPS) is 10.1. The van der Waals surface area contributed by atoms with Crippen LogP contribution in [0, 0.1) is 0 Å². The number of benzene rings is 1. The van der Waals surface area contributed by atoms with E-state index in [9.17, 15) is 0 Å². The van der Waals surface area contributed by atoms with Gasteiger partial charge in [0.25, 0.3) is 0 Å². The van der Waals surface area contributed by atoms with Crippen molar-refractivity contribution < 1.29 is 0 Å².